The van der Waals surface area contributed by atoms with Gasteiger partial charge in [0.2, 0.25) is 5.95 Å². The van der Waals surface area contributed by atoms with E-state index in [0.717, 1.165) is 11.5 Å². The van der Waals surface area contributed by atoms with E-state index in [-0.39, 0.29) is 23.5 Å². The monoisotopic (exact) mass is 447 g/mol. The molecule has 4 unspecified atom stereocenters. The first kappa shape index (κ1) is 22.8. The van der Waals surface area contributed by atoms with E-state index < -0.39 is 49.1 Å². The fourth-order valence-electron chi connectivity index (χ4n) is 3.33. The summed E-state index contributed by atoms with van der Waals surface area (Å²) in [5, 5.41) is 30.4. The van der Waals surface area contributed by atoms with Crippen LogP contribution in [0.25, 0.3) is 11.2 Å². The highest BCUT2D eigenvalue weighted by molar-refractivity contribution is 7.53. The van der Waals surface area contributed by atoms with Gasteiger partial charge >= 0.3 is 7.60 Å². The van der Waals surface area contributed by atoms with E-state index in [1.54, 1.807) is 0 Å². The van der Waals surface area contributed by atoms with Crippen molar-refractivity contribution in [3.8, 4) is 0 Å². The molecule has 0 saturated carbocycles. The van der Waals surface area contributed by atoms with Gasteiger partial charge in [0, 0.05) is 13.5 Å². The number of nitrogens with zero attached hydrogens (tertiary/aromatic N) is 4. The van der Waals surface area contributed by atoms with E-state index in [9.17, 15) is 29.6 Å². The van der Waals surface area contributed by atoms with Crippen LogP contribution in [0, 0.1) is 0 Å². The van der Waals surface area contributed by atoms with Gasteiger partial charge in [0.15, 0.2) is 23.2 Å². The van der Waals surface area contributed by atoms with Crippen molar-refractivity contribution < 1.29 is 34.0 Å². The maximum Gasteiger partial charge on any atom is 0.356 e. The van der Waals surface area contributed by atoms with Crippen LogP contribution >= 0.6 is 7.60 Å². The summed E-state index contributed by atoms with van der Waals surface area (Å²) in [6.45, 7) is 4.11. The van der Waals surface area contributed by atoms with Gasteiger partial charge in [-0.3, -0.25) is 18.5 Å². The quantitative estimate of drug-likeness (QED) is 0.342. The van der Waals surface area contributed by atoms with Crippen molar-refractivity contribution in [2.24, 2.45) is 7.05 Å². The zero-order valence-corrected chi connectivity index (χ0v) is 17.8. The van der Waals surface area contributed by atoms with E-state index in [1.807, 2.05) is 0 Å². The zero-order chi connectivity index (χ0) is 22.6. The van der Waals surface area contributed by atoms with Crippen LogP contribution in [0.3, 0.4) is 0 Å². The summed E-state index contributed by atoms with van der Waals surface area (Å²) in [6, 6.07) is 0. The Labute approximate surface area is 171 Å². The van der Waals surface area contributed by atoms with E-state index >= 15 is 0 Å². The molecule has 0 spiro atoms. The predicted molar refractivity (Wildman–Crippen MR) is 104 cm³/mol. The van der Waals surface area contributed by atoms with E-state index in [4.69, 9.17) is 15.0 Å². The number of hydrogen-bond acceptors (Lipinski definition) is 10. The second kappa shape index (κ2) is 7.68. The maximum atomic E-state index is 12.3. The summed E-state index contributed by atoms with van der Waals surface area (Å²) >= 11 is 0. The van der Waals surface area contributed by atoms with Crippen LogP contribution in [0.15, 0.2) is 11.1 Å². The Morgan fingerprint density at radius 3 is 2.63 bits per heavy atom. The maximum absolute atomic E-state index is 12.3. The van der Waals surface area contributed by atoms with Crippen molar-refractivity contribution in [1.29, 1.82) is 0 Å². The second-order valence-electron chi connectivity index (χ2n) is 7.96. The number of imidazole rings is 1. The third-order valence-corrected chi connectivity index (χ3v) is 6.69. The Hall–Kier alpha value is -1.86. The lowest BCUT2D eigenvalue weighted by Crippen LogP contribution is -2.37. The lowest BCUT2D eigenvalue weighted by molar-refractivity contribution is -0.0615. The van der Waals surface area contributed by atoms with Crippen LogP contribution in [0.2, 0.25) is 0 Å². The first-order valence-electron chi connectivity index (χ1n) is 9.17. The standard InChI is InChI=1S/C16H26N5O8P/c1-7(22)30(26,27)29-16(2,3)5-8-10(23)11(24)14(28-8)21-6-18-9-12(21)19-15(17)20(4)13(9)25/h6-8,10-11,14,22-24H,5H2,1-4H3,(H2,17,19)(H,26,27)/t7?,8?,10?,11-,14-/m1/s1. The molecule has 14 heteroatoms. The highest BCUT2D eigenvalue weighted by Crippen LogP contribution is 2.51. The molecule has 6 N–H and O–H groups in total. The van der Waals surface area contributed by atoms with Crippen molar-refractivity contribution in [3.63, 3.8) is 0 Å². The van der Waals surface area contributed by atoms with E-state index in [2.05, 4.69) is 9.97 Å². The first-order valence-corrected chi connectivity index (χ1v) is 10.8. The second-order valence-corrected chi connectivity index (χ2v) is 10.0. The number of nitrogen functional groups attached to an aromatic ring is 1. The molecule has 30 heavy (non-hydrogen) atoms. The summed E-state index contributed by atoms with van der Waals surface area (Å²) in [5.74, 6) is -1.66. The van der Waals surface area contributed by atoms with Crippen LogP contribution in [-0.4, -0.2) is 69.1 Å². The molecule has 1 saturated heterocycles. The van der Waals surface area contributed by atoms with Crippen molar-refractivity contribution >= 4 is 24.7 Å². The molecule has 6 atom stereocenters. The fourth-order valence-corrected chi connectivity index (χ4v) is 4.26. The summed E-state index contributed by atoms with van der Waals surface area (Å²) < 4.78 is 25.4. The van der Waals surface area contributed by atoms with E-state index in [1.165, 1.54) is 31.8 Å². The molecule has 13 nitrogen and oxygen atoms in total. The molecule has 0 aliphatic carbocycles. The van der Waals surface area contributed by atoms with Gasteiger partial charge in [0.1, 0.15) is 12.2 Å². The Morgan fingerprint density at radius 1 is 1.40 bits per heavy atom. The van der Waals surface area contributed by atoms with Gasteiger partial charge in [-0.1, -0.05) is 0 Å². The number of rotatable bonds is 6. The van der Waals surface area contributed by atoms with Gasteiger partial charge in [-0.2, -0.15) is 4.98 Å². The van der Waals surface area contributed by atoms with Crippen LogP contribution in [-0.2, 0) is 20.9 Å². The molecule has 2 aromatic rings. The van der Waals surface area contributed by atoms with Crippen LogP contribution < -0.4 is 11.3 Å². The van der Waals surface area contributed by atoms with Crippen molar-refractivity contribution in [3.05, 3.63) is 16.7 Å². The van der Waals surface area contributed by atoms with Crippen LogP contribution in [0.4, 0.5) is 5.95 Å². The van der Waals surface area contributed by atoms with Gasteiger partial charge in [0.05, 0.1) is 18.0 Å². The number of fused-ring (bicyclic) bond motifs is 1. The molecule has 2 aromatic heterocycles. The zero-order valence-electron chi connectivity index (χ0n) is 16.9. The van der Waals surface area contributed by atoms with Gasteiger partial charge in [-0.25, -0.2) is 4.98 Å². The summed E-state index contributed by atoms with van der Waals surface area (Å²) in [4.78, 5) is 30.2. The smallest absolute Gasteiger partial charge is 0.356 e. The molecule has 1 fully saturated rings. The van der Waals surface area contributed by atoms with Crippen LogP contribution in [0.1, 0.15) is 33.4 Å². The molecule has 0 aromatic carbocycles. The first-order chi connectivity index (χ1) is 13.7. The minimum Gasteiger partial charge on any atom is -0.388 e. The third-order valence-electron chi connectivity index (χ3n) is 4.99. The molecule has 0 bridgehead atoms. The van der Waals surface area contributed by atoms with Crippen molar-refractivity contribution in [2.75, 3.05) is 5.73 Å². The van der Waals surface area contributed by atoms with E-state index in [0.29, 0.717) is 0 Å². The number of aliphatic hydroxyl groups is 3. The van der Waals surface area contributed by atoms with Gasteiger partial charge in [-0.05, 0) is 20.8 Å². The summed E-state index contributed by atoms with van der Waals surface area (Å²) in [5.41, 5.74) is 4.08. The lowest BCUT2D eigenvalue weighted by Gasteiger charge is -2.31. The number of aliphatic hydroxyl groups excluding tert-OH is 3. The van der Waals surface area contributed by atoms with Gasteiger partial charge < -0.3 is 35.2 Å². The normalized spacial score (nSPS) is 28.0. The molecular weight excluding hydrogens is 421 g/mol. The fraction of sp³-hybridized carbons (Fsp3) is 0.688. The van der Waals surface area contributed by atoms with Crippen LogP contribution in [0.5, 0.6) is 0 Å². The molecule has 1 aliphatic rings. The number of nitrogens with two attached hydrogens (primary N) is 1. The number of aromatic nitrogens is 4. The predicted octanol–water partition coefficient (Wildman–Crippen LogP) is -0.960. The highest BCUT2D eigenvalue weighted by atomic mass is 31.2. The Kier molecular flexibility index (Phi) is 5.84. The molecule has 0 radical (unpaired) electrons. The Balaban J connectivity index is 1.87. The molecule has 3 rings (SSSR count). The molecular formula is C16H26N5O8P. The minimum absolute atomic E-state index is 0.0160. The van der Waals surface area contributed by atoms with Gasteiger partial charge in [0.25, 0.3) is 5.56 Å². The average molecular weight is 447 g/mol. The highest BCUT2D eigenvalue weighted by Gasteiger charge is 2.47. The topological polar surface area (TPSA) is 195 Å². The molecule has 168 valence electrons. The SMILES string of the molecule is CC(O)P(=O)(O)OC(C)(C)CC1O[C@@H](n2cnc3c(=O)n(C)c(N)nc32)[C@H](O)C1O. The minimum atomic E-state index is -4.31. The Morgan fingerprint density at radius 2 is 2.03 bits per heavy atom. The lowest BCUT2D eigenvalue weighted by atomic mass is 9.97. The molecule has 0 amide bonds. The molecule has 1 aliphatic heterocycles. The third kappa shape index (κ3) is 4.02. The largest absolute Gasteiger partial charge is 0.388 e. The summed E-state index contributed by atoms with van der Waals surface area (Å²) in [6.07, 6.45) is -3.74. The van der Waals surface area contributed by atoms with Crippen molar-refractivity contribution in [2.45, 2.75) is 63.2 Å². The summed E-state index contributed by atoms with van der Waals surface area (Å²) in [7, 11) is -2.87. The molecule has 3 heterocycles. The number of ether oxygens (including phenoxy) is 1. The number of hydrogen-bond donors (Lipinski definition) is 5. The van der Waals surface area contributed by atoms with Gasteiger partial charge in [-0.15, -0.1) is 0 Å². The number of anilines is 1. The Bertz CT molecular complexity index is 1050. The van der Waals surface area contributed by atoms with Crippen molar-refractivity contribution in [1.82, 2.24) is 19.1 Å². The average Bonchev–Trinajstić information content (AvgIpc) is 3.14.